The number of aromatic nitrogens is 1. The second-order valence-corrected chi connectivity index (χ2v) is 2.01. The van der Waals surface area contributed by atoms with E-state index in [4.69, 9.17) is 4.42 Å². The Balaban J connectivity index is 0.000000605. The van der Waals surface area contributed by atoms with Crippen molar-refractivity contribution in [3.63, 3.8) is 0 Å². The summed E-state index contributed by atoms with van der Waals surface area (Å²) in [5.74, 6) is 0. The SMILES string of the molecule is Cl.O=c1[nH]ccc2occc12. The predicted octanol–water partition coefficient (Wildman–Crippen LogP) is 1.54. The van der Waals surface area contributed by atoms with Gasteiger partial charge in [0.2, 0.25) is 0 Å². The molecule has 0 saturated heterocycles. The van der Waals surface area contributed by atoms with Gasteiger partial charge in [-0.3, -0.25) is 4.79 Å². The molecule has 0 bridgehead atoms. The lowest BCUT2D eigenvalue weighted by atomic mass is 10.3. The van der Waals surface area contributed by atoms with Crippen molar-refractivity contribution < 1.29 is 4.42 Å². The van der Waals surface area contributed by atoms with Crippen molar-refractivity contribution in [3.05, 3.63) is 34.9 Å². The summed E-state index contributed by atoms with van der Waals surface area (Å²) in [6.45, 7) is 0. The van der Waals surface area contributed by atoms with Gasteiger partial charge in [-0.2, -0.15) is 0 Å². The molecule has 0 amide bonds. The standard InChI is InChI=1S/C7H5NO2.ClH/c9-7-5-2-4-10-6(5)1-3-8-7;/h1-4H,(H,8,9);1H. The van der Waals surface area contributed by atoms with Crippen LogP contribution in [0, 0.1) is 0 Å². The molecule has 0 aliphatic rings. The van der Waals surface area contributed by atoms with Crippen LogP contribution < -0.4 is 5.56 Å². The van der Waals surface area contributed by atoms with Crippen LogP contribution in [0.4, 0.5) is 0 Å². The lowest BCUT2D eigenvalue weighted by Gasteiger charge is -1.82. The first-order valence-corrected chi connectivity index (χ1v) is 2.93. The molecule has 0 aromatic carbocycles. The molecule has 3 nitrogen and oxygen atoms in total. The van der Waals surface area contributed by atoms with Gasteiger partial charge in [-0.05, 0) is 12.1 Å². The summed E-state index contributed by atoms with van der Waals surface area (Å²) in [6, 6.07) is 3.37. The van der Waals surface area contributed by atoms with E-state index in [1.165, 1.54) is 6.26 Å². The second-order valence-electron chi connectivity index (χ2n) is 2.01. The largest absolute Gasteiger partial charge is 0.464 e. The molecule has 2 aromatic rings. The van der Waals surface area contributed by atoms with Crippen LogP contribution in [0.3, 0.4) is 0 Å². The topological polar surface area (TPSA) is 46.0 Å². The molecule has 0 spiro atoms. The molecule has 0 aliphatic carbocycles. The molecule has 0 fully saturated rings. The van der Waals surface area contributed by atoms with E-state index in [1.54, 1.807) is 18.3 Å². The number of aromatic amines is 1. The summed E-state index contributed by atoms with van der Waals surface area (Å²) in [6.07, 6.45) is 3.06. The van der Waals surface area contributed by atoms with E-state index in [0.29, 0.717) is 11.0 Å². The lowest BCUT2D eigenvalue weighted by molar-refractivity contribution is 0.615. The molecule has 2 rings (SSSR count). The number of halogens is 1. The zero-order chi connectivity index (χ0) is 6.97. The molecule has 2 aromatic heterocycles. The number of rotatable bonds is 0. The Kier molecular flexibility index (Phi) is 2.01. The first-order valence-electron chi connectivity index (χ1n) is 2.93. The Hall–Kier alpha value is -1.22. The minimum absolute atomic E-state index is 0. The van der Waals surface area contributed by atoms with Gasteiger partial charge < -0.3 is 9.40 Å². The molecule has 58 valence electrons. The van der Waals surface area contributed by atoms with Crippen LogP contribution in [0.25, 0.3) is 11.0 Å². The third kappa shape index (κ3) is 1.14. The Morgan fingerprint density at radius 3 is 2.91 bits per heavy atom. The quantitative estimate of drug-likeness (QED) is 0.654. The molecule has 0 radical (unpaired) electrons. The molecular formula is C7H6ClNO2. The van der Waals surface area contributed by atoms with Crippen molar-refractivity contribution in [1.29, 1.82) is 0 Å². The molecule has 0 saturated carbocycles. The zero-order valence-electron chi connectivity index (χ0n) is 5.53. The molecule has 11 heavy (non-hydrogen) atoms. The molecule has 1 N–H and O–H groups in total. The third-order valence-corrected chi connectivity index (χ3v) is 1.39. The van der Waals surface area contributed by atoms with E-state index in [1.807, 2.05) is 0 Å². The van der Waals surface area contributed by atoms with Crippen molar-refractivity contribution in [2.45, 2.75) is 0 Å². The maximum absolute atomic E-state index is 10.9. The number of fused-ring (bicyclic) bond motifs is 1. The van der Waals surface area contributed by atoms with E-state index < -0.39 is 0 Å². The van der Waals surface area contributed by atoms with Crippen molar-refractivity contribution >= 4 is 23.4 Å². The summed E-state index contributed by atoms with van der Waals surface area (Å²) < 4.78 is 4.98. The van der Waals surface area contributed by atoms with Crippen molar-refractivity contribution in [1.82, 2.24) is 4.98 Å². The van der Waals surface area contributed by atoms with Gasteiger partial charge >= 0.3 is 0 Å². The first-order chi connectivity index (χ1) is 4.88. The number of hydrogen-bond donors (Lipinski definition) is 1. The summed E-state index contributed by atoms with van der Waals surface area (Å²) in [5.41, 5.74) is 0.523. The third-order valence-electron chi connectivity index (χ3n) is 1.39. The van der Waals surface area contributed by atoms with Gasteiger partial charge in [0.15, 0.2) is 0 Å². The molecule has 0 aliphatic heterocycles. The van der Waals surface area contributed by atoms with Gasteiger partial charge in [-0.25, -0.2) is 0 Å². The highest BCUT2D eigenvalue weighted by molar-refractivity contribution is 5.85. The molecular weight excluding hydrogens is 166 g/mol. The maximum Gasteiger partial charge on any atom is 0.259 e. The van der Waals surface area contributed by atoms with E-state index in [0.717, 1.165) is 0 Å². The molecule has 0 unspecified atom stereocenters. The highest BCUT2D eigenvalue weighted by Crippen LogP contribution is 2.07. The normalized spacial score (nSPS) is 9.45. The van der Waals surface area contributed by atoms with Crippen LogP contribution in [0.15, 0.2) is 33.8 Å². The Bertz CT molecular complexity index is 404. The Morgan fingerprint density at radius 1 is 1.36 bits per heavy atom. The molecule has 4 heteroatoms. The lowest BCUT2D eigenvalue weighted by Crippen LogP contribution is -2.01. The summed E-state index contributed by atoms with van der Waals surface area (Å²) in [7, 11) is 0. The molecule has 2 heterocycles. The summed E-state index contributed by atoms with van der Waals surface area (Å²) >= 11 is 0. The van der Waals surface area contributed by atoms with E-state index in [2.05, 4.69) is 4.98 Å². The van der Waals surface area contributed by atoms with Crippen LogP contribution >= 0.6 is 12.4 Å². The summed E-state index contributed by atoms with van der Waals surface area (Å²) in [4.78, 5) is 13.5. The van der Waals surface area contributed by atoms with Gasteiger partial charge in [0.25, 0.3) is 5.56 Å². The van der Waals surface area contributed by atoms with Gasteiger partial charge in [-0.1, -0.05) is 0 Å². The van der Waals surface area contributed by atoms with Crippen LogP contribution in [0.2, 0.25) is 0 Å². The van der Waals surface area contributed by atoms with Crippen molar-refractivity contribution in [2.24, 2.45) is 0 Å². The number of furan rings is 1. The molecule has 0 atom stereocenters. The average molecular weight is 172 g/mol. The smallest absolute Gasteiger partial charge is 0.259 e. The van der Waals surface area contributed by atoms with E-state index in [-0.39, 0.29) is 18.0 Å². The van der Waals surface area contributed by atoms with Crippen LogP contribution in [-0.2, 0) is 0 Å². The van der Waals surface area contributed by atoms with Crippen LogP contribution in [-0.4, -0.2) is 4.98 Å². The fourth-order valence-electron chi connectivity index (χ4n) is 0.908. The minimum Gasteiger partial charge on any atom is -0.464 e. The van der Waals surface area contributed by atoms with E-state index >= 15 is 0 Å². The number of nitrogens with one attached hydrogen (secondary N) is 1. The highest BCUT2D eigenvalue weighted by atomic mass is 35.5. The van der Waals surface area contributed by atoms with Crippen LogP contribution in [0.5, 0.6) is 0 Å². The second kappa shape index (κ2) is 2.80. The zero-order valence-corrected chi connectivity index (χ0v) is 6.35. The maximum atomic E-state index is 10.9. The number of H-pyrrole nitrogens is 1. The first kappa shape index (κ1) is 7.88. The minimum atomic E-state index is -0.105. The predicted molar refractivity (Wildman–Crippen MR) is 44.1 cm³/mol. The average Bonchev–Trinajstić information content (AvgIpc) is 2.36. The van der Waals surface area contributed by atoms with E-state index in [9.17, 15) is 4.79 Å². The van der Waals surface area contributed by atoms with Crippen LogP contribution in [0.1, 0.15) is 0 Å². The summed E-state index contributed by atoms with van der Waals surface area (Å²) in [5, 5.41) is 0.600. The fourth-order valence-corrected chi connectivity index (χ4v) is 0.908. The fraction of sp³-hybridized carbons (Fsp3) is 0. The van der Waals surface area contributed by atoms with Gasteiger partial charge in [0.1, 0.15) is 5.58 Å². The Morgan fingerprint density at radius 2 is 2.18 bits per heavy atom. The number of pyridine rings is 1. The number of hydrogen-bond acceptors (Lipinski definition) is 2. The Labute approximate surface area is 68.4 Å². The van der Waals surface area contributed by atoms with Gasteiger partial charge in [0.05, 0.1) is 11.6 Å². The monoisotopic (exact) mass is 171 g/mol. The van der Waals surface area contributed by atoms with Crippen molar-refractivity contribution in [2.75, 3.05) is 0 Å². The van der Waals surface area contributed by atoms with Gasteiger partial charge in [0, 0.05) is 6.20 Å². The van der Waals surface area contributed by atoms with Gasteiger partial charge in [-0.15, -0.1) is 12.4 Å². The van der Waals surface area contributed by atoms with Crippen molar-refractivity contribution in [3.8, 4) is 0 Å². The highest BCUT2D eigenvalue weighted by Gasteiger charge is 1.96.